The molecule has 1 saturated heterocycles. The van der Waals surface area contributed by atoms with Crippen molar-refractivity contribution in [1.82, 2.24) is 14.5 Å². The van der Waals surface area contributed by atoms with Crippen LogP contribution in [0.2, 0.25) is 0 Å². The van der Waals surface area contributed by atoms with E-state index in [1.54, 1.807) is 13.8 Å². The molecule has 1 fully saturated rings. The van der Waals surface area contributed by atoms with Crippen molar-refractivity contribution < 1.29 is 27.9 Å². The van der Waals surface area contributed by atoms with E-state index in [0.717, 1.165) is 0 Å². The number of aliphatic hydroxyl groups excluding tert-OH is 1. The number of aromatic nitrogens is 2. The van der Waals surface area contributed by atoms with Crippen molar-refractivity contribution in [2.75, 3.05) is 38.2 Å². The molecule has 0 unspecified atom stereocenters. The van der Waals surface area contributed by atoms with Crippen LogP contribution in [0.4, 0.5) is 5.13 Å². The summed E-state index contributed by atoms with van der Waals surface area (Å²) in [4.78, 5) is 18.4. The van der Waals surface area contributed by atoms with Gasteiger partial charge in [0.15, 0.2) is 11.8 Å². The summed E-state index contributed by atoms with van der Waals surface area (Å²) in [6.07, 6.45) is 0.390. The first kappa shape index (κ1) is 24.2. The Bertz CT molecular complexity index is 1050. The van der Waals surface area contributed by atoms with Crippen molar-refractivity contribution in [3.05, 3.63) is 34.8 Å². The Morgan fingerprint density at radius 1 is 1.38 bits per heavy atom. The second kappa shape index (κ2) is 10.9. The second-order valence-corrected chi connectivity index (χ2v) is 9.98. The molecule has 0 saturated carbocycles. The summed E-state index contributed by atoms with van der Waals surface area (Å²) in [7, 11) is -3.78. The molecule has 13 heteroatoms. The lowest BCUT2D eigenvalue weighted by Crippen LogP contribution is -2.33. The van der Waals surface area contributed by atoms with E-state index in [0.29, 0.717) is 35.3 Å². The van der Waals surface area contributed by atoms with Gasteiger partial charge in [-0.25, -0.2) is 8.42 Å². The summed E-state index contributed by atoms with van der Waals surface area (Å²) in [6.45, 7) is 4.32. The van der Waals surface area contributed by atoms with Crippen LogP contribution in [0.25, 0.3) is 0 Å². The van der Waals surface area contributed by atoms with Gasteiger partial charge in [0, 0.05) is 25.1 Å². The van der Waals surface area contributed by atoms with Crippen LogP contribution in [-0.4, -0.2) is 78.7 Å². The fourth-order valence-corrected chi connectivity index (χ4v) is 4.97. The van der Waals surface area contributed by atoms with Gasteiger partial charge in [-0.2, -0.15) is 4.31 Å². The Labute approximate surface area is 190 Å². The molecular weight excluding hydrogens is 458 g/mol. The number of likely N-dealkylation sites (N-methyl/N-ethyl adjacent to an activating group) is 1. The zero-order valence-electron chi connectivity index (χ0n) is 17.7. The summed E-state index contributed by atoms with van der Waals surface area (Å²) in [6, 6.07) is 5.75. The first-order valence-electron chi connectivity index (χ1n) is 9.99. The summed E-state index contributed by atoms with van der Waals surface area (Å²) in [5, 5.41) is 24.6. The fraction of sp³-hybridized carbons (Fsp3) is 0.474. The molecule has 32 heavy (non-hydrogen) atoms. The Kier molecular flexibility index (Phi) is 8.26. The number of sulfonamides is 1. The van der Waals surface area contributed by atoms with Crippen LogP contribution in [0.3, 0.4) is 0 Å². The molecule has 0 spiro atoms. The number of benzene rings is 1. The number of aryl methyl sites for hydroxylation is 1. The largest absolute Gasteiger partial charge is 0.395 e. The molecule has 0 radical (unpaired) electrons. The maximum absolute atomic E-state index is 12.9. The van der Waals surface area contributed by atoms with Gasteiger partial charge in [-0.1, -0.05) is 35.5 Å². The minimum atomic E-state index is -3.78. The number of carbonyl (C=O) groups excluding carboxylic acids is 1. The minimum Gasteiger partial charge on any atom is -0.395 e. The number of nitrogens with one attached hydrogen (secondary N) is 1. The van der Waals surface area contributed by atoms with Crippen LogP contribution >= 0.6 is 11.3 Å². The van der Waals surface area contributed by atoms with Gasteiger partial charge in [0.25, 0.3) is 5.91 Å². The maximum atomic E-state index is 12.9. The average molecular weight is 484 g/mol. The van der Waals surface area contributed by atoms with Crippen molar-refractivity contribution >= 4 is 38.1 Å². The smallest absolute Gasteiger partial charge is 0.280 e. The highest BCUT2D eigenvalue weighted by atomic mass is 32.2. The lowest BCUT2D eigenvalue weighted by Gasteiger charge is -2.19. The van der Waals surface area contributed by atoms with E-state index in [2.05, 4.69) is 20.7 Å². The normalized spacial score (nSPS) is 17.0. The van der Waals surface area contributed by atoms with Crippen molar-refractivity contribution in [1.29, 1.82) is 0 Å². The first-order chi connectivity index (χ1) is 15.3. The molecule has 2 heterocycles. The van der Waals surface area contributed by atoms with Gasteiger partial charge in [-0.3, -0.25) is 10.1 Å². The zero-order valence-corrected chi connectivity index (χ0v) is 19.4. The van der Waals surface area contributed by atoms with E-state index in [1.807, 2.05) is 0 Å². The molecule has 1 aliphatic heterocycles. The minimum absolute atomic E-state index is 0.00569. The van der Waals surface area contributed by atoms with Gasteiger partial charge in [-0.15, -0.1) is 10.2 Å². The van der Waals surface area contributed by atoms with E-state index >= 15 is 0 Å². The fourth-order valence-electron chi connectivity index (χ4n) is 2.95. The van der Waals surface area contributed by atoms with Crippen molar-refractivity contribution in [3.8, 4) is 0 Å². The molecule has 3 rings (SSSR count). The van der Waals surface area contributed by atoms with Crippen molar-refractivity contribution in [2.24, 2.45) is 5.16 Å². The Morgan fingerprint density at radius 2 is 2.12 bits per heavy atom. The number of hydrogen-bond acceptors (Lipinski definition) is 10. The number of amides is 1. The third-order valence-electron chi connectivity index (χ3n) is 4.61. The molecule has 0 bridgehead atoms. The topological polar surface area (TPSA) is 143 Å². The number of aliphatic hydroxyl groups is 1. The number of ether oxygens (including phenoxy) is 1. The number of rotatable bonds is 10. The second-order valence-electron chi connectivity index (χ2n) is 6.86. The maximum Gasteiger partial charge on any atom is 0.280 e. The van der Waals surface area contributed by atoms with Gasteiger partial charge < -0.3 is 14.7 Å². The highest BCUT2D eigenvalue weighted by molar-refractivity contribution is 7.89. The van der Waals surface area contributed by atoms with Gasteiger partial charge in [0.1, 0.15) is 5.01 Å². The molecule has 2 aromatic rings. The Hall–Kier alpha value is -2.45. The molecule has 1 aromatic carbocycles. The first-order valence-corrected chi connectivity index (χ1v) is 12.2. The predicted molar refractivity (Wildman–Crippen MR) is 118 cm³/mol. The van der Waals surface area contributed by atoms with Crippen LogP contribution in [0.5, 0.6) is 0 Å². The summed E-state index contributed by atoms with van der Waals surface area (Å²) in [5.74, 6) is -0.564. The quantitative estimate of drug-likeness (QED) is 0.376. The number of carbonyl (C=O) groups is 1. The predicted octanol–water partition coefficient (Wildman–Crippen LogP) is 0.998. The van der Waals surface area contributed by atoms with Crippen LogP contribution in [0.15, 0.2) is 34.3 Å². The summed E-state index contributed by atoms with van der Waals surface area (Å²) < 4.78 is 32.0. The van der Waals surface area contributed by atoms with Crippen molar-refractivity contribution in [2.45, 2.75) is 31.3 Å². The highest BCUT2D eigenvalue weighted by Gasteiger charge is 2.24. The molecule has 1 aliphatic rings. The van der Waals surface area contributed by atoms with Crippen LogP contribution in [0, 0.1) is 6.92 Å². The van der Waals surface area contributed by atoms with Gasteiger partial charge >= 0.3 is 0 Å². The third-order valence-corrected chi connectivity index (χ3v) is 7.35. The SMILES string of the molecule is CCN(CCO)S(=O)(=O)c1ccc(/C(=N\O[C@@H]2CCOC2)C(=O)Nc2nnc(C)s2)cc1. The van der Waals surface area contributed by atoms with Gasteiger partial charge in [-0.05, 0) is 19.1 Å². The molecular formula is C19H25N5O6S2. The van der Waals surface area contributed by atoms with Crippen LogP contribution in [0.1, 0.15) is 23.9 Å². The number of hydrogen-bond donors (Lipinski definition) is 2. The molecule has 11 nitrogen and oxygen atoms in total. The number of oxime groups is 1. The molecule has 1 atom stereocenters. The zero-order chi connectivity index (χ0) is 23.1. The summed E-state index contributed by atoms with van der Waals surface area (Å²) >= 11 is 1.21. The van der Waals surface area contributed by atoms with Gasteiger partial charge in [0.2, 0.25) is 15.2 Å². The Balaban J connectivity index is 1.86. The lowest BCUT2D eigenvalue weighted by molar-refractivity contribution is -0.110. The monoisotopic (exact) mass is 483 g/mol. The molecule has 0 aliphatic carbocycles. The van der Waals surface area contributed by atoms with Gasteiger partial charge in [0.05, 0.1) is 24.7 Å². The van der Waals surface area contributed by atoms with Crippen LogP contribution < -0.4 is 5.32 Å². The van der Waals surface area contributed by atoms with E-state index in [9.17, 15) is 13.2 Å². The lowest BCUT2D eigenvalue weighted by atomic mass is 10.1. The van der Waals surface area contributed by atoms with E-state index < -0.39 is 15.9 Å². The third kappa shape index (κ3) is 5.86. The van der Waals surface area contributed by atoms with E-state index in [-0.39, 0.29) is 36.4 Å². The average Bonchev–Trinajstić information content (AvgIpc) is 3.44. The number of nitrogens with zero attached hydrogens (tertiary/aromatic N) is 4. The molecule has 174 valence electrons. The van der Waals surface area contributed by atoms with E-state index in [4.69, 9.17) is 14.7 Å². The molecule has 1 aromatic heterocycles. The van der Waals surface area contributed by atoms with Crippen LogP contribution in [-0.2, 0) is 24.4 Å². The molecule has 2 N–H and O–H groups in total. The molecule has 1 amide bonds. The van der Waals surface area contributed by atoms with E-state index in [1.165, 1.54) is 39.9 Å². The highest BCUT2D eigenvalue weighted by Crippen LogP contribution is 2.19. The Morgan fingerprint density at radius 3 is 2.69 bits per heavy atom. The van der Waals surface area contributed by atoms with Crippen molar-refractivity contribution in [3.63, 3.8) is 0 Å². The summed E-state index contributed by atoms with van der Waals surface area (Å²) in [5.41, 5.74) is 0.336. The standard InChI is InChI=1S/C19H25N5O6S2/c1-3-24(9-10-25)32(27,28)16-6-4-14(5-7-16)17(23-30-15-8-11-29-12-15)18(26)20-19-22-21-13(2)31-19/h4-7,15,25H,3,8-12H2,1-2H3,(H,20,22,26)/b23-17+/t15-/m1/s1. The number of anilines is 1.